The molecule has 0 atom stereocenters. The number of rotatable bonds is 1. The Morgan fingerprint density at radius 1 is 1.60 bits per heavy atom. The molecule has 5 heavy (non-hydrogen) atoms. The minimum atomic E-state index is 0. The van der Waals surface area contributed by atoms with E-state index in [2.05, 4.69) is 0 Å². The van der Waals surface area contributed by atoms with Gasteiger partial charge in [0.2, 0.25) is 0 Å². The zero-order valence-electron chi connectivity index (χ0n) is 2.74. The van der Waals surface area contributed by atoms with E-state index in [1.165, 1.54) is 6.54 Å². The van der Waals surface area contributed by atoms with Crippen LogP contribution in [0.25, 0.3) is 0 Å². The normalized spacial score (nSPS) is 6.00. The molecule has 0 aliphatic carbocycles. The topological polar surface area (TPSA) is 52.0 Å². The molecule has 0 spiro atoms. The fraction of sp³-hybridized carbons (Fsp3) is 0.500. The third-order valence-electron chi connectivity index (χ3n) is 0.136. The molecular formula is C2H7AgN2. The summed E-state index contributed by atoms with van der Waals surface area (Å²) in [6, 6.07) is 0. The average molecular weight is 167 g/mol. The van der Waals surface area contributed by atoms with E-state index in [1.54, 1.807) is 0 Å². The van der Waals surface area contributed by atoms with E-state index in [0.717, 1.165) is 0 Å². The summed E-state index contributed by atoms with van der Waals surface area (Å²) in [6.07, 6.45) is 0. The van der Waals surface area contributed by atoms with Crippen molar-refractivity contribution in [3.8, 4) is 0 Å². The van der Waals surface area contributed by atoms with Gasteiger partial charge in [0.25, 0.3) is 0 Å². The summed E-state index contributed by atoms with van der Waals surface area (Å²) < 4.78 is 0. The van der Waals surface area contributed by atoms with Crippen molar-refractivity contribution >= 4 is 0 Å². The molecule has 4 N–H and O–H groups in total. The van der Waals surface area contributed by atoms with Gasteiger partial charge in [0.15, 0.2) is 0 Å². The molecule has 0 aromatic heterocycles. The summed E-state index contributed by atoms with van der Waals surface area (Å²) in [7, 11) is 0. The van der Waals surface area contributed by atoms with Crippen LogP contribution in [-0.2, 0) is 22.4 Å². The van der Waals surface area contributed by atoms with Crippen molar-refractivity contribution in [2.45, 2.75) is 0 Å². The minimum Gasteiger partial charge on any atom is -0.482 e. The predicted octanol–water partition coefficient (Wildman–Crippen LogP) is -0.937. The Hall–Kier alpha value is 0.660. The van der Waals surface area contributed by atoms with Gasteiger partial charge in [-0.2, -0.15) is 0 Å². The molecule has 36 valence electrons. The zero-order valence-corrected chi connectivity index (χ0v) is 4.22. The molecule has 0 heterocycles. The van der Waals surface area contributed by atoms with Gasteiger partial charge in [-0.15, -0.1) is 6.54 Å². The number of hydrogen-bond donors (Lipinski definition) is 2. The molecule has 0 bridgehead atoms. The van der Waals surface area contributed by atoms with Crippen LogP contribution in [-0.4, -0.2) is 6.54 Å². The van der Waals surface area contributed by atoms with E-state index in [-0.39, 0.29) is 22.4 Å². The molecule has 3 heteroatoms. The Morgan fingerprint density at radius 2 is 1.80 bits per heavy atom. The van der Waals surface area contributed by atoms with Crippen molar-refractivity contribution in [2.24, 2.45) is 11.5 Å². The van der Waals surface area contributed by atoms with Crippen LogP contribution in [0.2, 0.25) is 0 Å². The fourth-order valence-corrected chi connectivity index (χ4v) is 0. The van der Waals surface area contributed by atoms with Gasteiger partial charge in [0, 0.05) is 0 Å². The Morgan fingerprint density at radius 3 is 1.80 bits per heavy atom. The van der Waals surface area contributed by atoms with E-state index in [1.807, 2.05) is 0 Å². The Labute approximate surface area is 47.4 Å². The third kappa shape index (κ3) is 12.0. The molecule has 0 saturated carbocycles. The van der Waals surface area contributed by atoms with E-state index in [9.17, 15) is 0 Å². The molecular weight excluding hydrogens is 160 g/mol. The summed E-state index contributed by atoms with van der Waals surface area (Å²) in [5.74, 6) is 0. The summed E-state index contributed by atoms with van der Waals surface area (Å²) in [5, 5.41) is 0. The smallest absolute Gasteiger partial charge is 0.482 e. The maximum absolute atomic E-state index is 4.85. The molecule has 0 rings (SSSR count). The quantitative estimate of drug-likeness (QED) is 0.391. The molecule has 0 fully saturated rings. The van der Waals surface area contributed by atoms with Crippen molar-refractivity contribution < 1.29 is 22.4 Å². The van der Waals surface area contributed by atoms with Gasteiger partial charge in [-0.25, -0.2) is 0 Å². The van der Waals surface area contributed by atoms with Gasteiger partial charge in [-0.3, -0.25) is 6.54 Å². The minimum absolute atomic E-state index is 0. The van der Waals surface area contributed by atoms with Crippen LogP contribution < -0.4 is 11.5 Å². The van der Waals surface area contributed by atoms with Crippen LogP contribution in [0.4, 0.5) is 0 Å². The molecule has 0 amide bonds. The maximum Gasteiger partial charge on any atom is 1.00 e. The summed E-state index contributed by atoms with van der Waals surface area (Å²) in [6.45, 7) is 1.88. The monoisotopic (exact) mass is 166 g/mol. The van der Waals surface area contributed by atoms with Crippen LogP contribution in [0.1, 0.15) is 0 Å². The predicted molar refractivity (Wildman–Crippen MR) is 17.5 cm³/mol. The van der Waals surface area contributed by atoms with Crippen molar-refractivity contribution in [3.05, 3.63) is 6.54 Å². The third-order valence-corrected chi connectivity index (χ3v) is 0.136. The summed E-state index contributed by atoms with van der Waals surface area (Å²) >= 11 is 0. The van der Waals surface area contributed by atoms with Gasteiger partial charge in [0.05, 0.1) is 0 Å². The molecule has 0 aliphatic heterocycles. The van der Waals surface area contributed by atoms with E-state index in [4.69, 9.17) is 11.5 Å². The Balaban J connectivity index is 0. The first-order chi connectivity index (χ1) is 1.91. The van der Waals surface area contributed by atoms with Gasteiger partial charge in [-0.05, 0) is 0 Å². The van der Waals surface area contributed by atoms with E-state index >= 15 is 0 Å². The molecule has 0 radical (unpaired) electrons. The van der Waals surface area contributed by atoms with E-state index < -0.39 is 0 Å². The molecule has 0 saturated heterocycles. The molecule has 2 nitrogen and oxygen atoms in total. The second kappa shape index (κ2) is 8.82. The second-order valence-electron chi connectivity index (χ2n) is 0.471. The summed E-state index contributed by atoms with van der Waals surface area (Å²) in [5.41, 5.74) is 9.62. The molecule has 0 aliphatic rings. The first kappa shape index (κ1) is 9.18. The summed E-state index contributed by atoms with van der Waals surface area (Å²) in [4.78, 5) is 0. The average Bonchev–Trinajstić information content (AvgIpc) is 1.37. The van der Waals surface area contributed by atoms with Gasteiger partial charge in [0.1, 0.15) is 0 Å². The van der Waals surface area contributed by atoms with E-state index in [0.29, 0.717) is 6.54 Å². The fourth-order valence-electron chi connectivity index (χ4n) is 0. The largest absolute Gasteiger partial charge is 1.00 e. The zero-order chi connectivity index (χ0) is 3.41. The van der Waals surface area contributed by atoms with Gasteiger partial charge >= 0.3 is 22.4 Å². The van der Waals surface area contributed by atoms with Gasteiger partial charge < -0.3 is 11.5 Å². The first-order valence-corrected chi connectivity index (χ1v) is 1.15. The van der Waals surface area contributed by atoms with Crippen molar-refractivity contribution in [1.82, 2.24) is 0 Å². The Kier molecular flexibility index (Phi) is 16.2. The first-order valence-electron chi connectivity index (χ1n) is 1.15. The standard InChI is InChI=1S/C2H7N2.Ag/c3-1-2-4;/h1H,2-4H2;/q-1;+1. The van der Waals surface area contributed by atoms with Crippen LogP contribution in [0.5, 0.6) is 0 Å². The Bertz CT molecular complexity index is 9.61. The van der Waals surface area contributed by atoms with Crippen LogP contribution >= 0.6 is 0 Å². The van der Waals surface area contributed by atoms with Crippen LogP contribution in [0, 0.1) is 6.54 Å². The van der Waals surface area contributed by atoms with Crippen molar-refractivity contribution in [3.63, 3.8) is 0 Å². The maximum atomic E-state index is 4.85. The van der Waals surface area contributed by atoms with Crippen LogP contribution in [0.15, 0.2) is 0 Å². The molecule has 0 aromatic carbocycles. The van der Waals surface area contributed by atoms with Crippen molar-refractivity contribution in [1.29, 1.82) is 0 Å². The van der Waals surface area contributed by atoms with Crippen molar-refractivity contribution in [2.75, 3.05) is 6.54 Å². The molecule has 0 aromatic rings. The molecule has 0 unspecified atom stereocenters. The van der Waals surface area contributed by atoms with Gasteiger partial charge in [-0.1, -0.05) is 0 Å². The SMILES string of the molecule is N[CH-]CN.[Ag+]. The number of nitrogens with two attached hydrogens (primary N) is 2. The van der Waals surface area contributed by atoms with Crippen LogP contribution in [0.3, 0.4) is 0 Å². The number of hydrogen-bond acceptors (Lipinski definition) is 2. The second-order valence-corrected chi connectivity index (χ2v) is 0.471.